The second kappa shape index (κ2) is 16.2. The number of carboxylic acid groups (broad SMARTS) is 1. The van der Waals surface area contributed by atoms with Crippen LogP contribution in [0.3, 0.4) is 0 Å². The fraction of sp³-hybridized carbons (Fsp3) is 0.889. The molecule has 1 radical (unpaired) electrons. The molecule has 1 atom stereocenters. The molecule has 7 heteroatoms. The number of quaternary nitrogens is 1. The Morgan fingerprint density at radius 1 is 1.08 bits per heavy atom. The van der Waals surface area contributed by atoms with E-state index in [1.807, 2.05) is 0 Å². The number of nitrogens with zero attached hydrogens (tertiary/aromatic N) is 2. The van der Waals surface area contributed by atoms with E-state index < -0.39 is 5.97 Å². The van der Waals surface area contributed by atoms with Crippen molar-refractivity contribution in [2.75, 3.05) is 32.8 Å². The summed E-state index contributed by atoms with van der Waals surface area (Å²) in [5.74, 6) is 0.185. The molecule has 0 saturated carbocycles. The van der Waals surface area contributed by atoms with Crippen molar-refractivity contribution in [3.63, 3.8) is 0 Å². The molecule has 0 saturated heterocycles. The maximum Gasteiger partial charge on any atom is 0.359 e. The summed E-state index contributed by atoms with van der Waals surface area (Å²) >= 11 is 0. The molecule has 0 aromatic rings. The summed E-state index contributed by atoms with van der Waals surface area (Å²) in [4.78, 5) is 15.7. The number of unbranched alkanes of at least 4 members (excludes halogenated alkanes) is 8. The average Bonchev–Trinajstić information content (AvgIpc) is 2.87. The number of hydrogen-bond donors (Lipinski definition) is 2. The van der Waals surface area contributed by atoms with Gasteiger partial charge in [-0.1, -0.05) is 58.3 Å². The van der Waals surface area contributed by atoms with E-state index >= 15 is 0 Å². The van der Waals surface area contributed by atoms with Crippen LogP contribution >= 0.6 is 0 Å². The van der Waals surface area contributed by atoms with Crippen molar-refractivity contribution in [2.24, 2.45) is 4.99 Å². The molecule has 1 aliphatic heterocycles. The van der Waals surface area contributed by atoms with Crippen molar-refractivity contribution >= 4 is 41.4 Å². The number of hydrogen-bond acceptors (Lipinski definition) is 4. The standard InChI is InChI=1S/C18H34N2O3.Na.H2O/c1-2-3-4-5-6-7-8-9-10-11-17-19-12-13-20(17,14-15-21)16-18(22)23;;/h21H,2-16H2,1H3;;1H2. The number of carboxylic acids is 1. The minimum atomic E-state index is -0.805. The Hall–Kier alpha value is 0.0200. The molecule has 0 bridgehead atoms. The number of aliphatic carboxylic acids is 1. The average molecular weight is 367 g/mol. The zero-order chi connectivity index (χ0) is 17.0. The SMILES string of the molecule is CCCCCCCCCCCC1=NCC[N+]1(CCO)CC(=O)O.[Na].[OH-]. The van der Waals surface area contributed by atoms with E-state index in [-0.39, 0.29) is 48.2 Å². The Balaban J connectivity index is 0. The van der Waals surface area contributed by atoms with Gasteiger partial charge >= 0.3 is 5.97 Å². The molecule has 1 unspecified atom stereocenters. The van der Waals surface area contributed by atoms with Crippen LogP contribution in [0.15, 0.2) is 4.99 Å². The minimum Gasteiger partial charge on any atom is -0.870 e. The summed E-state index contributed by atoms with van der Waals surface area (Å²) in [5, 5.41) is 18.5. The summed E-state index contributed by atoms with van der Waals surface area (Å²) in [7, 11) is 0. The van der Waals surface area contributed by atoms with Crippen LogP contribution in [-0.4, -0.2) is 94.3 Å². The van der Waals surface area contributed by atoms with Crippen molar-refractivity contribution in [2.45, 2.75) is 71.1 Å². The molecule has 0 spiro atoms. The Bertz CT molecular complexity index is 380. The summed E-state index contributed by atoms with van der Waals surface area (Å²) in [6.45, 7) is 4.20. The van der Waals surface area contributed by atoms with E-state index in [1.165, 1.54) is 51.4 Å². The first-order valence-corrected chi connectivity index (χ1v) is 9.37. The van der Waals surface area contributed by atoms with Crippen LogP contribution in [0.2, 0.25) is 0 Å². The van der Waals surface area contributed by atoms with E-state index in [4.69, 9.17) is 5.11 Å². The van der Waals surface area contributed by atoms with Crippen molar-refractivity contribution in [1.29, 1.82) is 0 Å². The largest absolute Gasteiger partial charge is 0.870 e. The Labute approximate surface area is 174 Å². The topological polar surface area (TPSA) is 99.9 Å². The monoisotopic (exact) mass is 367 g/mol. The molecular weight excluding hydrogens is 331 g/mol. The zero-order valence-corrected chi connectivity index (χ0v) is 18.3. The van der Waals surface area contributed by atoms with Gasteiger partial charge in [0.15, 0.2) is 12.4 Å². The van der Waals surface area contributed by atoms with Crippen LogP contribution in [0.4, 0.5) is 0 Å². The van der Waals surface area contributed by atoms with Crippen molar-refractivity contribution in [3.8, 4) is 0 Å². The Kier molecular flexibility index (Phi) is 17.7. The molecule has 0 aromatic carbocycles. The molecule has 143 valence electrons. The van der Waals surface area contributed by atoms with Gasteiger partial charge in [0.2, 0.25) is 0 Å². The maximum atomic E-state index is 11.2. The van der Waals surface area contributed by atoms with E-state index in [0.717, 1.165) is 25.2 Å². The van der Waals surface area contributed by atoms with E-state index in [0.29, 0.717) is 17.6 Å². The van der Waals surface area contributed by atoms with Gasteiger partial charge in [0.25, 0.3) is 0 Å². The van der Waals surface area contributed by atoms with Crippen LogP contribution in [-0.2, 0) is 4.79 Å². The van der Waals surface area contributed by atoms with Gasteiger partial charge in [0.1, 0.15) is 13.1 Å². The van der Waals surface area contributed by atoms with Gasteiger partial charge in [0, 0.05) is 36.0 Å². The molecule has 0 aromatic heterocycles. The molecular formula is C18H36N2NaO4. The van der Waals surface area contributed by atoms with Crippen molar-refractivity contribution in [1.82, 2.24) is 0 Å². The van der Waals surface area contributed by atoms with Gasteiger partial charge < -0.3 is 15.7 Å². The third-order valence-electron chi connectivity index (χ3n) is 4.84. The van der Waals surface area contributed by atoms with Crippen LogP contribution < -0.4 is 0 Å². The van der Waals surface area contributed by atoms with Crippen molar-refractivity contribution < 1.29 is 25.0 Å². The first-order valence-electron chi connectivity index (χ1n) is 9.37. The Morgan fingerprint density at radius 2 is 1.64 bits per heavy atom. The first-order chi connectivity index (χ1) is 11.1. The van der Waals surface area contributed by atoms with Crippen molar-refractivity contribution in [3.05, 3.63) is 0 Å². The van der Waals surface area contributed by atoms with Gasteiger partial charge in [-0.05, 0) is 6.42 Å². The zero-order valence-electron chi connectivity index (χ0n) is 16.3. The fourth-order valence-corrected chi connectivity index (χ4v) is 3.50. The van der Waals surface area contributed by atoms with Gasteiger partial charge in [-0.3, -0.25) is 4.48 Å². The molecule has 6 nitrogen and oxygen atoms in total. The molecule has 1 heterocycles. The summed E-state index contributed by atoms with van der Waals surface area (Å²) in [6, 6.07) is 0. The quantitative estimate of drug-likeness (QED) is 0.280. The smallest absolute Gasteiger partial charge is 0.359 e. The van der Waals surface area contributed by atoms with Gasteiger partial charge in [-0.15, -0.1) is 0 Å². The second-order valence-corrected chi connectivity index (χ2v) is 6.74. The normalized spacial score (nSPS) is 19.0. The third-order valence-corrected chi connectivity index (χ3v) is 4.84. The fourth-order valence-electron chi connectivity index (χ4n) is 3.50. The Morgan fingerprint density at radius 3 is 2.16 bits per heavy atom. The van der Waals surface area contributed by atoms with Crippen LogP contribution in [0, 0.1) is 0 Å². The summed E-state index contributed by atoms with van der Waals surface area (Å²) in [6.07, 6.45) is 12.4. The summed E-state index contributed by atoms with van der Waals surface area (Å²) in [5.41, 5.74) is 0. The molecule has 1 aliphatic rings. The number of aliphatic hydroxyl groups is 1. The van der Waals surface area contributed by atoms with E-state index in [9.17, 15) is 9.90 Å². The molecule has 0 amide bonds. The number of aliphatic hydroxyl groups excluding tert-OH is 1. The summed E-state index contributed by atoms with van der Waals surface area (Å²) < 4.78 is 0.364. The van der Waals surface area contributed by atoms with Gasteiger partial charge in [-0.25, -0.2) is 9.79 Å². The second-order valence-electron chi connectivity index (χ2n) is 6.74. The molecule has 25 heavy (non-hydrogen) atoms. The third kappa shape index (κ3) is 10.7. The van der Waals surface area contributed by atoms with Gasteiger partial charge in [0.05, 0.1) is 13.2 Å². The minimum absolute atomic E-state index is 0. The maximum absolute atomic E-state index is 11.2. The van der Waals surface area contributed by atoms with Crippen LogP contribution in [0.1, 0.15) is 71.1 Å². The van der Waals surface area contributed by atoms with E-state index in [2.05, 4.69) is 11.9 Å². The number of amidine groups is 1. The molecule has 1 rings (SSSR count). The number of aliphatic imine (C=N–C) groups is 1. The van der Waals surface area contributed by atoms with Crippen LogP contribution in [0.25, 0.3) is 0 Å². The number of carbonyl (C=O) groups is 1. The van der Waals surface area contributed by atoms with Gasteiger partial charge in [-0.2, -0.15) is 0 Å². The van der Waals surface area contributed by atoms with Crippen LogP contribution in [0.5, 0.6) is 0 Å². The predicted octanol–water partition coefficient (Wildman–Crippen LogP) is 2.66. The van der Waals surface area contributed by atoms with E-state index in [1.54, 1.807) is 0 Å². The number of rotatable bonds is 14. The molecule has 0 fully saturated rings. The molecule has 3 N–H and O–H groups in total. The molecule has 0 aliphatic carbocycles. The predicted molar refractivity (Wildman–Crippen MR) is 101 cm³/mol. The first kappa shape index (κ1) is 27.2.